The van der Waals surface area contributed by atoms with Gasteiger partial charge in [-0.1, -0.05) is 30.3 Å². The first-order chi connectivity index (χ1) is 15.0. The van der Waals surface area contributed by atoms with Crippen LogP contribution in [0.3, 0.4) is 0 Å². The Balaban J connectivity index is 1.50. The molecule has 2 aromatic carbocycles. The highest BCUT2D eigenvalue weighted by Gasteiger charge is 2.23. The summed E-state index contributed by atoms with van der Waals surface area (Å²) in [6.07, 6.45) is 3.40. The van der Waals surface area contributed by atoms with Crippen molar-refractivity contribution in [3.05, 3.63) is 83.4 Å². The Morgan fingerprint density at radius 3 is 2.58 bits per heavy atom. The summed E-state index contributed by atoms with van der Waals surface area (Å²) in [5.74, 6) is -0.283. The van der Waals surface area contributed by atoms with Gasteiger partial charge >= 0.3 is 6.16 Å². The second kappa shape index (κ2) is 9.04. The first-order valence-electron chi connectivity index (χ1n) is 10.2. The summed E-state index contributed by atoms with van der Waals surface area (Å²) >= 11 is 0. The normalized spacial score (nSPS) is 13.1. The maximum Gasteiger partial charge on any atom is 0.533 e. The highest BCUT2D eigenvalue weighted by molar-refractivity contribution is 5.74. The van der Waals surface area contributed by atoms with E-state index in [-0.39, 0.29) is 18.5 Å². The van der Waals surface area contributed by atoms with Gasteiger partial charge in [0.05, 0.1) is 17.9 Å². The van der Waals surface area contributed by atoms with Crippen molar-refractivity contribution in [3.63, 3.8) is 0 Å². The number of halogens is 1. The lowest BCUT2D eigenvalue weighted by Gasteiger charge is -2.17. The Bertz CT molecular complexity index is 1080. The van der Waals surface area contributed by atoms with Crippen molar-refractivity contribution in [1.82, 2.24) is 14.8 Å². The van der Waals surface area contributed by atoms with Crippen LogP contribution in [0.1, 0.15) is 36.7 Å². The molecule has 1 aliphatic heterocycles. The average Bonchev–Trinajstić information content (AvgIpc) is 3.03. The number of rotatable bonds is 5. The molecule has 0 N–H and O–H groups in total. The van der Waals surface area contributed by atoms with E-state index >= 15 is 0 Å². The molecule has 4 rings (SSSR count). The van der Waals surface area contributed by atoms with Crippen molar-refractivity contribution < 1.29 is 18.8 Å². The van der Waals surface area contributed by atoms with Crippen LogP contribution < -0.4 is 0 Å². The van der Waals surface area contributed by atoms with Crippen molar-refractivity contribution >= 4 is 12.2 Å². The minimum absolute atomic E-state index is 0.140. The maximum absolute atomic E-state index is 13.4. The van der Waals surface area contributed by atoms with E-state index in [1.165, 1.54) is 17.2 Å². The molecule has 0 unspecified atom stereocenters. The molecule has 0 atom stereocenters. The Kier molecular flexibility index (Phi) is 6.02. The van der Waals surface area contributed by atoms with Gasteiger partial charge in [0.1, 0.15) is 12.4 Å². The van der Waals surface area contributed by atoms with E-state index < -0.39 is 6.16 Å². The molecule has 0 saturated carbocycles. The van der Waals surface area contributed by atoms with Crippen LogP contribution in [-0.4, -0.2) is 27.5 Å². The molecule has 0 saturated heterocycles. The van der Waals surface area contributed by atoms with Crippen LogP contribution in [0, 0.1) is 5.82 Å². The Hall–Kier alpha value is -3.61. The van der Waals surface area contributed by atoms with Crippen LogP contribution >= 0.6 is 0 Å². The maximum atomic E-state index is 13.4. The zero-order chi connectivity index (χ0) is 21.8. The molecule has 6 nitrogen and oxygen atoms in total. The molecule has 7 heteroatoms. The average molecular weight is 421 g/mol. The van der Waals surface area contributed by atoms with Gasteiger partial charge in [-0.2, -0.15) is 5.10 Å². The molecule has 3 aromatic rings. The van der Waals surface area contributed by atoms with Gasteiger partial charge < -0.3 is 9.57 Å². The number of hydroxylamine groups is 2. The van der Waals surface area contributed by atoms with Gasteiger partial charge in [-0.05, 0) is 49.8 Å². The summed E-state index contributed by atoms with van der Waals surface area (Å²) in [6, 6.07) is 15.9. The van der Waals surface area contributed by atoms with E-state index in [1.807, 2.05) is 41.1 Å². The molecule has 31 heavy (non-hydrogen) atoms. The lowest BCUT2D eigenvalue weighted by atomic mass is 10.0. The van der Waals surface area contributed by atoms with Crippen LogP contribution in [0.25, 0.3) is 17.3 Å². The third kappa shape index (κ3) is 4.77. The number of benzene rings is 2. The zero-order valence-corrected chi connectivity index (χ0v) is 17.5. The van der Waals surface area contributed by atoms with Gasteiger partial charge in [0, 0.05) is 29.8 Å². The molecule has 0 spiro atoms. The van der Waals surface area contributed by atoms with Gasteiger partial charge in [-0.25, -0.2) is 14.2 Å². The molecule has 2 heterocycles. The van der Waals surface area contributed by atoms with Crippen molar-refractivity contribution in [2.24, 2.45) is 0 Å². The topological polar surface area (TPSA) is 56.6 Å². The van der Waals surface area contributed by atoms with Crippen molar-refractivity contribution in [3.8, 4) is 11.3 Å². The van der Waals surface area contributed by atoms with Crippen LogP contribution in [0.4, 0.5) is 9.18 Å². The molecule has 0 radical (unpaired) electrons. The van der Waals surface area contributed by atoms with Crippen molar-refractivity contribution in [2.45, 2.75) is 32.9 Å². The number of carbonyl (C=O) groups excluding carboxylic acids is 1. The van der Waals surface area contributed by atoms with Crippen molar-refractivity contribution in [2.75, 3.05) is 6.54 Å². The number of ether oxygens (including phenoxy) is 1. The number of fused-ring (bicyclic) bond motifs is 1. The summed E-state index contributed by atoms with van der Waals surface area (Å²) in [5, 5.41) is 6.22. The summed E-state index contributed by atoms with van der Waals surface area (Å²) < 4.78 is 20.6. The van der Waals surface area contributed by atoms with E-state index in [1.54, 1.807) is 18.3 Å². The summed E-state index contributed by atoms with van der Waals surface area (Å²) in [4.78, 5) is 17.4. The SMILES string of the molecule is CC(C)n1nc2c(c1-c1ccc(F)cc1)C=CN(OC(=O)OCc1ccccc1)CC2. The summed E-state index contributed by atoms with van der Waals surface area (Å²) in [6.45, 7) is 4.71. The van der Waals surface area contributed by atoms with E-state index in [2.05, 4.69) is 13.8 Å². The van der Waals surface area contributed by atoms with Crippen LogP contribution in [0.5, 0.6) is 0 Å². The molecular weight excluding hydrogens is 397 g/mol. The van der Waals surface area contributed by atoms with Gasteiger partial charge in [-0.15, -0.1) is 0 Å². The van der Waals surface area contributed by atoms with Crippen LogP contribution in [-0.2, 0) is 22.6 Å². The molecule has 0 aliphatic carbocycles. The number of nitrogens with zero attached hydrogens (tertiary/aromatic N) is 3. The fourth-order valence-electron chi connectivity index (χ4n) is 3.49. The monoisotopic (exact) mass is 421 g/mol. The highest BCUT2D eigenvalue weighted by Crippen LogP contribution is 2.32. The standard InChI is InChI=1S/C24H24FN3O3/c1-17(2)28-23(19-8-10-20(25)11-9-19)21-12-14-27(15-13-22(21)26-28)31-24(29)30-16-18-6-4-3-5-7-18/h3-12,14,17H,13,15-16H2,1-2H3. The molecular formula is C24H24FN3O3. The lowest BCUT2D eigenvalue weighted by Crippen LogP contribution is -2.24. The first kappa shape index (κ1) is 20.7. The molecule has 1 aromatic heterocycles. The minimum Gasteiger partial charge on any atom is -0.428 e. The zero-order valence-electron chi connectivity index (χ0n) is 17.5. The Labute approximate surface area is 180 Å². The lowest BCUT2D eigenvalue weighted by molar-refractivity contribution is -0.0936. The molecule has 0 bridgehead atoms. The third-order valence-corrected chi connectivity index (χ3v) is 5.00. The molecule has 0 amide bonds. The Morgan fingerprint density at radius 2 is 1.87 bits per heavy atom. The smallest absolute Gasteiger partial charge is 0.428 e. The quantitative estimate of drug-likeness (QED) is 0.519. The highest BCUT2D eigenvalue weighted by atomic mass is 19.1. The van der Waals surface area contributed by atoms with Gasteiger partial charge in [0.15, 0.2) is 0 Å². The van der Waals surface area contributed by atoms with E-state index in [0.717, 1.165) is 28.1 Å². The van der Waals surface area contributed by atoms with Gasteiger partial charge in [0.25, 0.3) is 0 Å². The molecule has 1 aliphatic rings. The predicted molar refractivity (Wildman–Crippen MR) is 115 cm³/mol. The molecule has 0 fully saturated rings. The third-order valence-electron chi connectivity index (χ3n) is 5.00. The number of hydrogen-bond donors (Lipinski definition) is 0. The number of hydrogen-bond acceptors (Lipinski definition) is 5. The minimum atomic E-state index is -0.765. The van der Waals surface area contributed by atoms with E-state index in [9.17, 15) is 9.18 Å². The second-order valence-electron chi connectivity index (χ2n) is 7.58. The van der Waals surface area contributed by atoms with E-state index in [4.69, 9.17) is 14.7 Å². The van der Waals surface area contributed by atoms with Crippen molar-refractivity contribution in [1.29, 1.82) is 0 Å². The number of carbonyl (C=O) groups is 1. The first-order valence-corrected chi connectivity index (χ1v) is 10.2. The largest absolute Gasteiger partial charge is 0.533 e. The fraction of sp³-hybridized carbons (Fsp3) is 0.250. The second-order valence-corrected chi connectivity index (χ2v) is 7.58. The predicted octanol–water partition coefficient (Wildman–Crippen LogP) is 5.37. The van der Waals surface area contributed by atoms with Gasteiger partial charge in [-0.3, -0.25) is 4.68 Å². The van der Waals surface area contributed by atoms with Crippen LogP contribution in [0.2, 0.25) is 0 Å². The van der Waals surface area contributed by atoms with E-state index in [0.29, 0.717) is 13.0 Å². The Morgan fingerprint density at radius 1 is 1.13 bits per heavy atom. The molecule has 160 valence electrons. The summed E-state index contributed by atoms with van der Waals surface area (Å²) in [7, 11) is 0. The number of aromatic nitrogens is 2. The fourth-order valence-corrected chi connectivity index (χ4v) is 3.49. The van der Waals surface area contributed by atoms with Gasteiger partial charge in [0.2, 0.25) is 0 Å². The van der Waals surface area contributed by atoms with Crippen LogP contribution in [0.15, 0.2) is 60.8 Å². The summed E-state index contributed by atoms with van der Waals surface area (Å²) in [5.41, 5.74) is 4.51.